The second kappa shape index (κ2) is 9.29. The van der Waals surface area contributed by atoms with E-state index in [1.165, 1.54) is 16.9 Å². The van der Waals surface area contributed by atoms with Crippen molar-refractivity contribution in [1.82, 2.24) is 10.6 Å². The Morgan fingerprint density at radius 1 is 1.20 bits per heavy atom. The molecule has 0 bridgehead atoms. The Morgan fingerprint density at radius 3 is 2.52 bits per heavy atom. The van der Waals surface area contributed by atoms with Crippen LogP contribution in [0.3, 0.4) is 0 Å². The summed E-state index contributed by atoms with van der Waals surface area (Å²) in [7, 11) is 0. The van der Waals surface area contributed by atoms with Crippen LogP contribution in [0.1, 0.15) is 35.7 Å². The van der Waals surface area contributed by atoms with Crippen molar-refractivity contribution in [2.75, 3.05) is 13.2 Å². The molecule has 0 radical (unpaired) electrons. The van der Waals surface area contributed by atoms with Crippen LogP contribution in [0.5, 0.6) is 5.75 Å². The van der Waals surface area contributed by atoms with Crippen molar-refractivity contribution in [3.63, 3.8) is 0 Å². The summed E-state index contributed by atoms with van der Waals surface area (Å²) in [5.41, 5.74) is 1.75. The van der Waals surface area contributed by atoms with Gasteiger partial charge in [0.1, 0.15) is 12.4 Å². The number of amides is 1. The summed E-state index contributed by atoms with van der Waals surface area (Å²) >= 11 is 6.43. The van der Waals surface area contributed by atoms with Gasteiger partial charge in [0.05, 0.1) is 12.1 Å². The molecule has 2 N–H and O–H groups in total. The highest BCUT2D eigenvalue weighted by atomic mass is 32.1. The van der Waals surface area contributed by atoms with Crippen molar-refractivity contribution in [2.45, 2.75) is 19.8 Å². The summed E-state index contributed by atoms with van der Waals surface area (Å²) in [5, 5.41) is 8.88. The molecule has 0 saturated carbocycles. The van der Waals surface area contributed by atoms with E-state index < -0.39 is 0 Å². The fourth-order valence-corrected chi connectivity index (χ4v) is 2.76. The Hall–Kier alpha value is -2.25. The lowest BCUT2D eigenvalue weighted by Gasteiger charge is -2.10. The number of carbonyl (C=O) groups is 2. The van der Waals surface area contributed by atoms with E-state index in [4.69, 9.17) is 17.0 Å². The standard InChI is InChI=1S/C18H20N2O3S2/c1-12(2)13-3-5-16(6-4-13)23-10-15(21)9-19-18(24)20-17(22)14-7-8-25-11-14/h3-8,11-12H,9-10H2,1-2H3,(H2,19,20,22,24). The van der Waals surface area contributed by atoms with Gasteiger partial charge in [-0.3, -0.25) is 14.9 Å². The molecule has 2 aromatic rings. The number of thiophene rings is 1. The molecule has 0 aliphatic heterocycles. The maximum absolute atomic E-state index is 11.9. The average molecular weight is 377 g/mol. The molecule has 1 heterocycles. The summed E-state index contributed by atoms with van der Waals surface area (Å²) in [4.78, 5) is 23.7. The second-order valence-corrected chi connectivity index (χ2v) is 6.89. The molecule has 1 amide bonds. The van der Waals surface area contributed by atoms with Crippen LogP contribution in [0.2, 0.25) is 0 Å². The van der Waals surface area contributed by atoms with Crippen molar-refractivity contribution in [3.8, 4) is 5.75 Å². The number of Topliss-reactive ketones (excluding diaryl/α,β-unsaturated/α-hetero) is 1. The molecule has 25 heavy (non-hydrogen) atoms. The quantitative estimate of drug-likeness (QED) is 0.727. The lowest BCUT2D eigenvalue weighted by Crippen LogP contribution is -2.42. The van der Waals surface area contributed by atoms with Gasteiger partial charge in [-0.15, -0.1) is 0 Å². The SMILES string of the molecule is CC(C)c1ccc(OCC(=O)CNC(=S)NC(=O)c2ccsc2)cc1. The molecule has 0 atom stereocenters. The average Bonchev–Trinajstić information content (AvgIpc) is 3.13. The molecule has 0 aliphatic carbocycles. The number of benzene rings is 1. The predicted molar refractivity (Wildman–Crippen MR) is 103 cm³/mol. The maximum Gasteiger partial charge on any atom is 0.258 e. The number of ether oxygens (including phenoxy) is 1. The fourth-order valence-electron chi connectivity index (χ4n) is 1.96. The third kappa shape index (κ3) is 6.28. The molecular weight excluding hydrogens is 356 g/mol. The van der Waals surface area contributed by atoms with Gasteiger partial charge in [-0.25, -0.2) is 0 Å². The Balaban J connectivity index is 1.69. The zero-order valence-corrected chi connectivity index (χ0v) is 15.7. The van der Waals surface area contributed by atoms with E-state index in [2.05, 4.69) is 24.5 Å². The zero-order chi connectivity index (χ0) is 18.2. The van der Waals surface area contributed by atoms with Crippen LogP contribution in [0, 0.1) is 0 Å². The van der Waals surface area contributed by atoms with E-state index in [9.17, 15) is 9.59 Å². The molecule has 5 nitrogen and oxygen atoms in total. The highest BCUT2D eigenvalue weighted by Gasteiger charge is 2.09. The summed E-state index contributed by atoms with van der Waals surface area (Å²) in [6.45, 7) is 4.16. The Labute approximate surface area is 156 Å². The van der Waals surface area contributed by atoms with E-state index in [-0.39, 0.29) is 30.0 Å². The Kier molecular flexibility index (Phi) is 7.09. The molecule has 0 aliphatic rings. The van der Waals surface area contributed by atoms with Crippen LogP contribution in [0.25, 0.3) is 0 Å². The number of carbonyl (C=O) groups excluding carboxylic acids is 2. The van der Waals surface area contributed by atoms with Crippen LogP contribution < -0.4 is 15.4 Å². The third-order valence-corrected chi connectivity index (χ3v) is 4.33. The van der Waals surface area contributed by atoms with Gasteiger partial charge in [0.2, 0.25) is 0 Å². The van der Waals surface area contributed by atoms with Crippen molar-refractivity contribution in [2.24, 2.45) is 0 Å². The summed E-state index contributed by atoms with van der Waals surface area (Å²) in [6, 6.07) is 9.37. The van der Waals surface area contributed by atoms with Crippen molar-refractivity contribution in [3.05, 3.63) is 52.2 Å². The van der Waals surface area contributed by atoms with Crippen LogP contribution in [-0.2, 0) is 4.79 Å². The minimum absolute atomic E-state index is 0.00712. The van der Waals surface area contributed by atoms with E-state index in [0.717, 1.165) is 0 Å². The highest BCUT2D eigenvalue weighted by Crippen LogP contribution is 2.18. The van der Waals surface area contributed by atoms with Crippen molar-refractivity contribution >= 4 is 40.4 Å². The largest absolute Gasteiger partial charge is 0.486 e. The first-order valence-electron chi connectivity index (χ1n) is 7.81. The van der Waals surface area contributed by atoms with Gasteiger partial charge in [-0.1, -0.05) is 26.0 Å². The maximum atomic E-state index is 11.9. The first-order chi connectivity index (χ1) is 12.0. The second-order valence-electron chi connectivity index (χ2n) is 5.70. The number of nitrogens with one attached hydrogen (secondary N) is 2. The first-order valence-corrected chi connectivity index (χ1v) is 9.16. The zero-order valence-electron chi connectivity index (χ0n) is 14.1. The minimum Gasteiger partial charge on any atom is -0.486 e. The molecule has 132 valence electrons. The lowest BCUT2D eigenvalue weighted by atomic mass is 10.0. The molecular formula is C18H20N2O3S2. The molecule has 7 heteroatoms. The summed E-state index contributed by atoms with van der Waals surface area (Å²) < 4.78 is 5.46. The van der Waals surface area contributed by atoms with Gasteiger partial charge < -0.3 is 10.1 Å². The van der Waals surface area contributed by atoms with E-state index in [0.29, 0.717) is 17.2 Å². The Morgan fingerprint density at radius 2 is 1.92 bits per heavy atom. The smallest absolute Gasteiger partial charge is 0.258 e. The van der Waals surface area contributed by atoms with Gasteiger partial charge in [0.15, 0.2) is 10.9 Å². The number of hydrogen-bond acceptors (Lipinski definition) is 5. The number of hydrogen-bond donors (Lipinski definition) is 2. The summed E-state index contributed by atoms with van der Waals surface area (Å²) in [6.07, 6.45) is 0. The molecule has 2 rings (SSSR count). The van der Waals surface area contributed by atoms with E-state index in [1.54, 1.807) is 16.8 Å². The summed E-state index contributed by atoms with van der Waals surface area (Å²) in [5.74, 6) is 0.629. The molecule has 0 unspecified atom stereocenters. The molecule has 1 aromatic carbocycles. The van der Waals surface area contributed by atoms with E-state index >= 15 is 0 Å². The topological polar surface area (TPSA) is 67.4 Å². The number of ketones is 1. The van der Waals surface area contributed by atoms with Crippen LogP contribution >= 0.6 is 23.6 Å². The minimum atomic E-state index is -0.298. The predicted octanol–water partition coefficient (Wildman–Crippen LogP) is 3.12. The van der Waals surface area contributed by atoms with Gasteiger partial charge >= 0.3 is 0 Å². The van der Waals surface area contributed by atoms with Crippen molar-refractivity contribution < 1.29 is 14.3 Å². The number of rotatable bonds is 7. The third-order valence-electron chi connectivity index (χ3n) is 3.40. The monoisotopic (exact) mass is 376 g/mol. The molecule has 0 saturated heterocycles. The Bertz CT molecular complexity index is 725. The molecule has 0 spiro atoms. The van der Waals surface area contributed by atoms with Crippen molar-refractivity contribution in [1.29, 1.82) is 0 Å². The number of thiocarbonyl (C=S) groups is 1. The van der Waals surface area contributed by atoms with Crippen LogP contribution in [-0.4, -0.2) is 30.0 Å². The normalized spacial score (nSPS) is 10.4. The molecule has 1 aromatic heterocycles. The molecule has 0 fully saturated rings. The highest BCUT2D eigenvalue weighted by molar-refractivity contribution is 7.80. The van der Waals surface area contributed by atoms with Gasteiger partial charge in [0, 0.05) is 5.38 Å². The van der Waals surface area contributed by atoms with Gasteiger partial charge in [-0.05, 0) is 47.3 Å². The van der Waals surface area contributed by atoms with Crippen LogP contribution in [0.4, 0.5) is 0 Å². The fraction of sp³-hybridized carbons (Fsp3) is 0.278. The van der Waals surface area contributed by atoms with Gasteiger partial charge in [0.25, 0.3) is 5.91 Å². The van der Waals surface area contributed by atoms with Crippen LogP contribution in [0.15, 0.2) is 41.1 Å². The van der Waals surface area contributed by atoms with Gasteiger partial charge in [-0.2, -0.15) is 11.3 Å². The van der Waals surface area contributed by atoms with E-state index in [1.807, 2.05) is 24.3 Å². The first kappa shape index (κ1) is 19.1. The lowest BCUT2D eigenvalue weighted by molar-refractivity contribution is -0.119.